The van der Waals surface area contributed by atoms with Crippen LogP contribution >= 0.6 is 0 Å². The first-order chi connectivity index (χ1) is 9.70. The first kappa shape index (κ1) is 14.6. The number of rotatable bonds is 3. The van der Waals surface area contributed by atoms with Crippen LogP contribution in [-0.4, -0.2) is 30.6 Å². The molecule has 0 spiro atoms. The number of carbonyl (C=O) groups excluding carboxylic acids is 1. The molecule has 1 saturated heterocycles. The first-order valence-electron chi connectivity index (χ1n) is 7.34. The summed E-state index contributed by atoms with van der Waals surface area (Å²) in [4.78, 5) is 18.4. The lowest BCUT2D eigenvalue weighted by Gasteiger charge is -2.28. The Hall–Kier alpha value is -1.78. The van der Waals surface area contributed by atoms with Gasteiger partial charge in [0.25, 0.3) is 0 Å². The topological polar surface area (TPSA) is 68.5 Å². The zero-order valence-corrected chi connectivity index (χ0v) is 12.0. The van der Waals surface area contributed by atoms with Crippen LogP contribution in [0.5, 0.6) is 0 Å². The Balaban J connectivity index is 1.90. The Labute approximate surface area is 120 Å². The van der Waals surface area contributed by atoms with Crippen LogP contribution in [0.15, 0.2) is 18.3 Å². The minimum absolute atomic E-state index is 0.0356. The number of nitrogens with zero attached hydrogens (tertiary/aromatic N) is 2. The van der Waals surface area contributed by atoms with Gasteiger partial charge in [-0.25, -0.2) is 4.98 Å². The number of hydrogen-bond acceptors (Lipinski definition) is 5. The molecule has 5 nitrogen and oxygen atoms in total. The van der Waals surface area contributed by atoms with Gasteiger partial charge in [0, 0.05) is 13.1 Å². The van der Waals surface area contributed by atoms with Crippen LogP contribution in [-0.2, 0) is 9.53 Å². The summed E-state index contributed by atoms with van der Waals surface area (Å²) >= 11 is 0. The molecule has 0 aromatic carbocycles. The summed E-state index contributed by atoms with van der Waals surface area (Å²) in [5.41, 5.74) is 6.34. The summed E-state index contributed by atoms with van der Waals surface area (Å²) in [7, 11) is 0. The van der Waals surface area contributed by atoms with Gasteiger partial charge in [0.15, 0.2) is 0 Å². The highest BCUT2D eigenvalue weighted by Gasteiger charge is 2.22. The molecule has 0 bridgehead atoms. The molecule has 20 heavy (non-hydrogen) atoms. The van der Waals surface area contributed by atoms with Gasteiger partial charge >= 0.3 is 5.97 Å². The maximum absolute atomic E-state index is 11.8. The fourth-order valence-electron chi connectivity index (χ4n) is 2.62. The summed E-state index contributed by atoms with van der Waals surface area (Å²) in [6, 6.07) is 3.84. The Bertz CT molecular complexity index is 423. The maximum atomic E-state index is 11.8. The Morgan fingerprint density at radius 1 is 1.40 bits per heavy atom. The van der Waals surface area contributed by atoms with E-state index in [2.05, 4.69) is 9.88 Å². The lowest BCUT2D eigenvalue weighted by Crippen LogP contribution is -2.31. The molecule has 0 saturated carbocycles. The second-order valence-corrected chi connectivity index (χ2v) is 5.17. The molecule has 110 valence electrons. The van der Waals surface area contributed by atoms with E-state index in [1.165, 1.54) is 0 Å². The zero-order valence-electron chi connectivity index (χ0n) is 12.0. The van der Waals surface area contributed by atoms with Gasteiger partial charge in [-0.3, -0.25) is 4.79 Å². The van der Waals surface area contributed by atoms with E-state index in [0.29, 0.717) is 12.3 Å². The van der Waals surface area contributed by atoms with Crippen molar-refractivity contribution in [2.45, 2.75) is 32.6 Å². The predicted octanol–water partition coefficient (Wildman–Crippen LogP) is 2.22. The van der Waals surface area contributed by atoms with E-state index >= 15 is 0 Å². The number of nitrogens with two attached hydrogens (primary N) is 1. The van der Waals surface area contributed by atoms with Gasteiger partial charge in [-0.1, -0.05) is 0 Å². The molecule has 0 aliphatic carbocycles. The van der Waals surface area contributed by atoms with Crippen LogP contribution in [0.1, 0.15) is 32.6 Å². The molecule has 1 aromatic heterocycles. The van der Waals surface area contributed by atoms with Crippen molar-refractivity contribution in [3.8, 4) is 0 Å². The van der Waals surface area contributed by atoms with E-state index in [-0.39, 0.29) is 11.9 Å². The molecule has 1 fully saturated rings. The standard InChI is InChI=1S/C15H23N3O2/c1-2-20-15(19)12-5-3-9-18(10-4-6-12)14-8-7-13(16)11-17-14/h7-8,11-12H,2-6,9-10,16H2,1H3. The van der Waals surface area contributed by atoms with Gasteiger partial charge < -0.3 is 15.4 Å². The number of nitrogen functional groups attached to an aromatic ring is 1. The van der Waals surface area contributed by atoms with E-state index < -0.39 is 0 Å². The highest BCUT2D eigenvalue weighted by atomic mass is 16.5. The summed E-state index contributed by atoms with van der Waals surface area (Å²) < 4.78 is 5.12. The Morgan fingerprint density at radius 3 is 2.65 bits per heavy atom. The van der Waals surface area contributed by atoms with Crippen LogP contribution in [0.25, 0.3) is 0 Å². The molecule has 1 aliphatic heterocycles. The third kappa shape index (κ3) is 3.85. The lowest BCUT2D eigenvalue weighted by molar-refractivity contribution is -0.148. The van der Waals surface area contributed by atoms with Crippen molar-refractivity contribution < 1.29 is 9.53 Å². The van der Waals surface area contributed by atoms with Crippen molar-refractivity contribution in [2.24, 2.45) is 5.92 Å². The number of hydrogen-bond donors (Lipinski definition) is 1. The van der Waals surface area contributed by atoms with Gasteiger partial charge in [-0.05, 0) is 44.7 Å². The molecule has 0 radical (unpaired) electrons. The van der Waals surface area contributed by atoms with Crippen LogP contribution in [0, 0.1) is 5.92 Å². The Kier molecular flexibility index (Phi) is 5.21. The minimum Gasteiger partial charge on any atom is -0.466 e. The summed E-state index contributed by atoms with van der Waals surface area (Å²) in [6.45, 7) is 4.17. The lowest BCUT2D eigenvalue weighted by atomic mass is 9.95. The van der Waals surface area contributed by atoms with Crippen molar-refractivity contribution in [3.63, 3.8) is 0 Å². The number of anilines is 2. The highest BCUT2D eigenvalue weighted by Crippen LogP contribution is 2.22. The smallest absolute Gasteiger partial charge is 0.308 e. The molecule has 1 aromatic rings. The van der Waals surface area contributed by atoms with Crippen molar-refractivity contribution in [3.05, 3.63) is 18.3 Å². The maximum Gasteiger partial charge on any atom is 0.308 e. The number of esters is 1. The van der Waals surface area contributed by atoms with E-state index in [4.69, 9.17) is 10.5 Å². The fraction of sp³-hybridized carbons (Fsp3) is 0.600. The number of ether oxygens (including phenoxy) is 1. The van der Waals surface area contributed by atoms with Crippen LogP contribution < -0.4 is 10.6 Å². The highest BCUT2D eigenvalue weighted by molar-refractivity contribution is 5.72. The summed E-state index contributed by atoms with van der Waals surface area (Å²) in [5, 5.41) is 0. The SMILES string of the molecule is CCOC(=O)C1CCCN(c2ccc(N)cn2)CCC1. The van der Waals surface area contributed by atoms with Gasteiger partial charge in [0.1, 0.15) is 5.82 Å². The minimum atomic E-state index is -0.0356. The number of carbonyl (C=O) groups is 1. The van der Waals surface area contributed by atoms with E-state index in [1.807, 2.05) is 19.1 Å². The van der Waals surface area contributed by atoms with E-state index in [0.717, 1.165) is 44.6 Å². The molecule has 2 N–H and O–H groups in total. The number of pyridine rings is 1. The van der Waals surface area contributed by atoms with E-state index in [1.54, 1.807) is 6.20 Å². The van der Waals surface area contributed by atoms with Crippen LogP contribution in [0.3, 0.4) is 0 Å². The molecule has 0 atom stereocenters. The summed E-state index contributed by atoms with van der Waals surface area (Å²) in [5.74, 6) is 0.997. The summed E-state index contributed by atoms with van der Waals surface area (Å²) in [6.07, 6.45) is 5.44. The predicted molar refractivity (Wildman–Crippen MR) is 79.5 cm³/mol. The van der Waals surface area contributed by atoms with Crippen molar-refractivity contribution in [2.75, 3.05) is 30.3 Å². The zero-order chi connectivity index (χ0) is 14.4. The molecule has 2 rings (SSSR count). The van der Waals surface area contributed by atoms with Crippen LogP contribution in [0.2, 0.25) is 0 Å². The van der Waals surface area contributed by atoms with Gasteiger partial charge in [0.2, 0.25) is 0 Å². The van der Waals surface area contributed by atoms with Crippen molar-refractivity contribution >= 4 is 17.5 Å². The average Bonchev–Trinajstić information content (AvgIpc) is 2.40. The van der Waals surface area contributed by atoms with Crippen molar-refractivity contribution in [1.29, 1.82) is 0 Å². The third-order valence-electron chi connectivity index (χ3n) is 3.68. The van der Waals surface area contributed by atoms with Crippen LogP contribution in [0.4, 0.5) is 11.5 Å². The van der Waals surface area contributed by atoms with Gasteiger partial charge in [-0.2, -0.15) is 0 Å². The molecule has 1 aliphatic rings. The molecule has 2 heterocycles. The van der Waals surface area contributed by atoms with Crippen molar-refractivity contribution in [1.82, 2.24) is 4.98 Å². The molecule has 0 unspecified atom stereocenters. The molecular weight excluding hydrogens is 254 g/mol. The van der Waals surface area contributed by atoms with E-state index in [9.17, 15) is 4.79 Å². The normalized spacial score (nSPS) is 17.4. The quantitative estimate of drug-likeness (QED) is 0.858. The first-order valence-corrected chi connectivity index (χ1v) is 7.34. The number of aromatic nitrogens is 1. The molecule has 5 heteroatoms. The average molecular weight is 277 g/mol. The third-order valence-corrected chi connectivity index (χ3v) is 3.68. The Morgan fingerprint density at radius 2 is 2.10 bits per heavy atom. The monoisotopic (exact) mass is 277 g/mol. The second kappa shape index (κ2) is 7.12. The fourth-order valence-corrected chi connectivity index (χ4v) is 2.62. The van der Waals surface area contributed by atoms with Gasteiger partial charge in [0.05, 0.1) is 24.4 Å². The molecule has 0 amide bonds. The largest absolute Gasteiger partial charge is 0.466 e. The second-order valence-electron chi connectivity index (χ2n) is 5.17. The molecular formula is C15H23N3O2. The van der Waals surface area contributed by atoms with Gasteiger partial charge in [-0.15, -0.1) is 0 Å².